The van der Waals surface area contributed by atoms with Crippen molar-refractivity contribution in [3.8, 4) is 0 Å². The molecule has 31 heavy (non-hydrogen) atoms. The lowest BCUT2D eigenvalue weighted by atomic mass is 9.48. The normalized spacial score (nSPS) is 32.2. The minimum absolute atomic E-state index is 0.0295. The van der Waals surface area contributed by atoms with Crippen molar-refractivity contribution < 1.29 is 19.1 Å². The largest absolute Gasteiger partial charge is 0.457 e. The Morgan fingerprint density at radius 2 is 1.55 bits per heavy atom. The number of rotatable bonds is 5. The van der Waals surface area contributed by atoms with E-state index in [1.54, 1.807) is 0 Å². The first kappa shape index (κ1) is 20.7. The highest BCUT2D eigenvalue weighted by Gasteiger charge is 2.54. The Hall–Kier alpha value is -2.17. The van der Waals surface area contributed by atoms with Gasteiger partial charge in [-0.2, -0.15) is 0 Å². The van der Waals surface area contributed by atoms with Gasteiger partial charge >= 0.3 is 5.97 Å². The fourth-order valence-corrected chi connectivity index (χ4v) is 7.16. The van der Waals surface area contributed by atoms with E-state index in [9.17, 15) is 14.4 Å². The average molecular weight is 424 g/mol. The Balaban J connectivity index is 1.12. The van der Waals surface area contributed by atoms with Gasteiger partial charge in [-0.25, -0.2) is 0 Å². The summed E-state index contributed by atoms with van der Waals surface area (Å²) in [4.78, 5) is 40.3. The number of aryl methyl sites for hydroxylation is 1. The smallest absolute Gasteiger partial charge is 0.309 e. The van der Waals surface area contributed by atoms with E-state index in [2.05, 4.69) is 0 Å². The van der Waals surface area contributed by atoms with E-state index in [4.69, 9.17) is 4.74 Å². The van der Waals surface area contributed by atoms with Gasteiger partial charge in [0.25, 0.3) is 5.91 Å². The molecule has 0 atom stereocenters. The molecule has 0 radical (unpaired) electrons. The van der Waals surface area contributed by atoms with Crippen LogP contribution in [-0.2, 0) is 14.3 Å². The lowest BCUT2D eigenvalue weighted by Gasteiger charge is -2.55. The minimum atomic E-state index is -0.263. The lowest BCUT2D eigenvalue weighted by Crippen LogP contribution is -2.51. The summed E-state index contributed by atoms with van der Waals surface area (Å²) in [6.07, 6.45) is 8.12. The van der Waals surface area contributed by atoms with Crippen LogP contribution in [0, 0.1) is 36.0 Å². The molecule has 1 amide bonds. The van der Waals surface area contributed by atoms with Crippen molar-refractivity contribution in [2.45, 2.75) is 58.3 Å². The summed E-state index contributed by atoms with van der Waals surface area (Å²) >= 11 is 0. The Bertz CT molecular complexity index is 848. The third-order valence-corrected chi connectivity index (χ3v) is 8.47. The maximum Gasteiger partial charge on any atom is 0.309 e. The van der Waals surface area contributed by atoms with Crippen LogP contribution in [-0.4, -0.2) is 42.3 Å². The maximum absolute atomic E-state index is 13.1. The first-order chi connectivity index (χ1) is 14.9. The van der Waals surface area contributed by atoms with E-state index < -0.39 is 0 Å². The highest BCUT2D eigenvalue weighted by Crippen LogP contribution is 2.60. The van der Waals surface area contributed by atoms with Crippen LogP contribution >= 0.6 is 0 Å². The van der Waals surface area contributed by atoms with Crippen LogP contribution in [0.3, 0.4) is 0 Å². The Morgan fingerprint density at radius 3 is 2.13 bits per heavy atom. The molecule has 166 valence electrons. The highest BCUT2D eigenvalue weighted by molar-refractivity contribution is 5.95. The molecule has 0 N–H and O–H groups in total. The van der Waals surface area contributed by atoms with Gasteiger partial charge in [0.2, 0.25) is 0 Å². The molecule has 0 unspecified atom stereocenters. The number of hydrogen-bond donors (Lipinski definition) is 0. The van der Waals surface area contributed by atoms with Gasteiger partial charge in [0.1, 0.15) is 0 Å². The Morgan fingerprint density at radius 1 is 0.968 bits per heavy atom. The van der Waals surface area contributed by atoms with Gasteiger partial charge in [-0.05, 0) is 87.7 Å². The topological polar surface area (TPSA) is 63.7 Å². The molecule has 5 aliphatic rings. The second kappa shape index (κ2) is 8.07. The monoisotopic (exact) mass is 423 g/mol. The van der Waals surface area contributed by atoms with Crippen molar-refractivity contribution in [3.63, 3.8) is 0 Å². The molecule has 1 aromatic carbocycles. The summed E-state index contributed by atoms with van der Waals surface area (Å²) in [5, 5.41) is 0. The molecular weight excluding hydrogens is 390 g/mol. The van der Waals surface area contributed by atoms with E-state index >= 15 is 0 Å². The van der Waals surface area contributed by atoms with Crippen LogP contribution in [0.4, 0.5) is 0 Å². The molecular formula is C26H33NO4. The molecule has 5 heteroatoms. The molecule has 1 heterocycles. The standard InChI is InChI=1S/C26H33NO4/c1-17-4-2-3-5-22(17)24(29)27-8-6-21(7-9-27)25(30)31-16-23(28)26-13-18-10-19(14-26)12-20(11-18)15-26/h2-5,18-21H,6-16H2,1H3. The van der Waals surface area contributed by atoms with Crippen molar-refractivity contribution in [1.29, 1.82) is 0 Å². The summed E-state index contributed by atoms with van der Waals surface area (Å²) < 4.78 is 5.54. The van der Waals surface area contributed by atoms with Crippen molar-refractivity contribution in [3.05, 3.63) is 35.4 Å². The molecule has 1 aliphatic heterocycles. The van der Waals surface area contributed by atoms with Gasteiger partial charge in [0.15, 0.2) is 12.4 Å². The van der Waals surface area contributed by atoms with Gasteiger partial charge in [0.05, 0.1) is 5.92 Å². The van der Waals surface area contributed by atoms with Crippen molar-refractivity contribution in [2.75, 3.05) is 19.7 Å². The van der Waals surface area contributed by atoms with Gasteiger partial charge < -0.3 is 9.64 Å². The van der Waals surface area contributed by atoms with Crippen molar-refractivity contribution >= 4 is 17.7 Å². The van der Waals surface area contributed by atoms with E-state index in [1.165, 1.54) is 19.3 Å². The zero-order valence-corrected chi connectivity index (χ0v) is 18.5. The SMILES string of the molecule is Cc1ccccc1C(=O)N1CCC(C(=O)OCC(=O)C23CC4CC(CC(C4)C2)C3)CC1. The molecule has 0 spiro atoms. The molecule has 5 nitrogen and oxygen atoms in total. The Labute approximate surface area is 184 Å². The Kier molecular flexibility index (Phi) is 5.39. The van der Waals surface area contributed by atoms with E-state index in [1.807, 2.05) is 36.1 Å². The fraction of sp³-hybridized carbons (Fsp3) is 0.654. The number of ether oxygens (including phenoxy) is 1. The predicted octanol–water partition coefficient (Wildman–Crippen LogP) is 4.18. The molecule has 4 bridgehead atoms. The van der Waals surface area contributed by atoms with Crippen LogP contribution in [0.2, 0.25) is 0 Å². The minimum Gasteiger partial charge on any atom is -0.457 e. The zero-order valence-electron chi connectivity index (χ0n) is 18.5. The summed E-state index contributed by atoms with van der Waals surface area (Å²) in [5.41, 5.74) is 1.49. The van der Waals surface area contributed by atoms with Crippen LogP contribution in [0.1, 0.15) is 67.3 Å². The number of benzene rings is 1. The predicted molar refractivity (Wildman–Crippen MR) is 116 cm³/mol. The number of Topliss-reactive ketones (excluding diaryl/α,β-unsaturated/α-hetero) is 1. The first-order valence-corrected chi connectivity index (χ1v) is 12.0. The number of piperidine rings is 1. The second-order valence-corrected chi connectivity index (χ2v) is 10.6. The van der Waals surface area contributed by atoms with Gasteiger partial charge in [0, 0.05) is 24.1 Å². The number of ketones is 1. The number of likely N-dealkylation sites (tertiary alicyclic amines) is 1. The fourth-order valence-electron chi connectivity index (χ4n) is 7.16. The molecule has 1 aromatic rings. The molecule has 4 saturated carbocycles. The van der Waals surface area contributed by atoms with E-state index in [0.717, 1.165) is 30.4 Å². The maximum atomic E-state index is 13.1. The van der Waals surface area contributed by atoms with Crippen LogP contribution in [0.5, 0.6) is 0 Å². The van der Waals surface area contributed by atoms with Gasteiger partial charge in [-0.3, -0.25) is 14.4 Å². The summed E-state index contributed by atoms with van der Waals surface area (Å²) in [7, 11) is 0. The third kappa shape index (κ3) is 3.92. The summed E-state index contributed by atoms with van der Waals surface area (Å²) in [6.45, 7) is 2.98. The van der Waals surface area contributed by atoms with E-state index in [-0.39, 0.29) is 35.6 Å². The van der Waals surface area contributed by atoms with Crippen molar-refractivity contribution in [1.82, 2.24) is 4.90 Å². The van der Waals surface area contributed by atoms with Crippen LogP contribution in [0.15, 0.2) is 24.3 Å². The third-order valence-electron chi connectivity index (χ3n) is 8.47. The quantitative estimate of drug-likeness (QED) is 0.667. The molecule has 5 fully saturated rings. The van der Waals surface area contributed by atoms with E-state index in [0.29, 0.717) is 43.7 Å². The average Bonchev–Trinajstić information content (AvgIpc) is 2.76. The number of esters is 1. The van der Waals surface area contributed by atoms with Gasteiger partial charge in [-0.1, -0.05) is 18.2 Å². The summed E-state index contributed by atoms with van der Waals surface area (Å²) in [6, 6.07) is 7.61. The number of carbonyl (C=O) groups excluding carboxylic acids is 3. The van der Waals surface area contributed by atoms with Crippen LogP contribution < -0.4 is 0 Å². The van der Waals surface area contributed by atoms with Crippen molar-refractivity contribution in [2.24, 2.45) is 29.1 Å². The zero-order chi connectivity index (χ0) is 21.6. The first-order valence-electron chi connectivity index (χ1n) is 12.0. The second-order valence-electron chi connectivity index (χ2n) is 10.6. The van der Waals surface area contributed by atoms with Gasteiger partial charge in [-0.15, -0.1) is 0 Å². The number of nitrogens with zero attached hydrogens (tertiary/aromatic N) is 1. The number of carbonyl (C=O) groups is 3. The molecule has 6 rings (SSSR count). The molecule has 0 aromatic heterocycles. The highest BCUT2D eigenvalue weighted by atomic mass is 16.5. The molecule has 1 saturated heterocycles. The molecule has 4 aliphatic carbocycles. The summed E-state index contributed by atoms with van der Waals surface area (Å²) in [5.74, 6) is 1.84. The number of amides is 1. The number of hydrogen-bond acceptors (Lipinski definition) is 4. The van der Waals surface area contributed by atoms with Crippen LogP contribution in [0.25, 0.3) is 0 Å². The lowest BCUT2D eigenvalue weighted by molar-refractivity contribution is -0.161.